The van der Waals surface area contributed by atoms with Gasteiger partial charge in [0.1, 0.15) is 30.5 Å². The van der Waals surface area contributed by atoms with Crippen molar-refractivity contribution in [2.45, 2.75) is 198 Å². The van der Waals surface area contributed by atoms with Crippen LogP contribution >= 0.6 is 0 Å². The standard InChI is InChI=1S/C46H80O9/c1-3-5-7-9-11-13-15-17-19-20-22-24-26-28-30-32-34-36-52-38-40(39-53-46-45(51)44(50)43(49)41(37-47)55-46)54-42(48)35-33-31-29-27-25-23-21-18-16-14-12-10-8-6-4-2/h6,8,12-15,18-21,40-41,43-47,49-51H,3-5,7,9-11,16-17,22-39H2,1-2H3/b8-6-,14-12-,15-13-,20-19-,21-18-. The average molecular weight is 777 g/mol. The summed E-state index contributed by atoms with van der Waals surface area (Å²) in [7, 11) is 0. The van der Waals surface area contributed by atoms with Crippen LogP contribution in [0.3, 0.4) is 0 Å². The van der Waals surface area contributed by atoms with Crippen LogP contribution in [-0.4, -0.2) is 89.6 Å². The summed E-state index contributed by atoms with van der Waals surface area (Å²) < 4.78 is 22.8. The number of unbranched alkanes of at least 4 members (excludes halogenated alkanes) is 15. The summed E-state index contributed by atoms with van der Waals surface area (Å²) in [6.07, 6.45) is 39.5. The molecule has 55 heavy (non-hydrogen) atoms. The Morgan fingerprint density at radius 2 is 1.11 bits per heavy atom. The third kappa shape index (κ3) is 28.9. The molecule has 0 saturated carbocycles. The summed E-state index contributed by atoms with van der Waals surface area (Å²) in [4.78, 5) is 12.8. The zero-order valence-electron chi connectivity index (χ0n) is 34.7. The number of ether oxygens (including phenoxy) is 4. The highest BCUT2D eigenvalue weighted by Gasteiger charge is 2.44. The molecule has 1 rings (SSSR count). The van der Waals surface area contributed by atoms with Crippen LogP contribution in [0.5, 0.6) is 0 Å². The second-order valence-electron chi connectivity index (χ2n) is 14.8. The van der Waals surface area contributed by atoms with Crippen LogP contribution in [0.1, 0.15) is 162 Å². The quantitative estimate of drug-likeness (QED) is 0.0279. The van der Waals surface area contributed by atoms with Crippen molar-refractivity contribution in [2.75, 3.05) is 26.4 Å². The zero-order chi connectivity index (χ0) is 40.0. The lowest BCUT2D eigenvalue weighted by molar-refractivity contribution is -0.305. The summed E-state index contributed by atoms with van der Waals surface area (Å²) >= 11 is 0. The highest BCUT2D eigenvalue weighted by atomic mass is 16.7. The topological polar surface area (TPSA) is 135 Å². The van der Waals surface area contributed by atoms with Crippen LogP contribution in [0.4, 0.5) is 0 Å². The molecule has 1 aliphatic heterocycles. The first kappa shape index (κ1) is 50.9. The van der Waals surface area contributed by atoms with Gasteiger partial charge in [-0.1, -0.05) is 139 Å². The van der Waals surface area contributed by atoms with Gasteiger partial charge in [0.05, 0.1) is 19.8 Å². The number of aliphatic hydroxyl groups is 4. The number of hydrogen-bond acceptors (Lipinski definition) is 9. The van der Waals surface area contributed by atoms with E-state index in [4.69, 9.17) is 18.9 Å². The molecule has 6 atom stereocenters. The van der Waals surface area contributed by atoms with Gasteiger partial charge in [0.25, 0.3) is 0 Å². The largest absolute Gasteiger partial charge is 0.457 e. The molecule has 1 saturated heterocycles. The highest BCUT2D eigenvalue weighted by molar-refractivity contribution is 5.69. The first-order chi connectivity index (χ1) is 26.9. The Bertz CT molecular complexity index is 1020. The molecule has 0 aromatic rings. The normalized spacial score (nSPS) is 21.3. The number of carbonyl (C=O) groups is 1. The molecule has 0 aromatic carbocycles. The fourth-order valence-corrected chi connectivity index (χ4v) is 6.24. The third-order valence-corrected chi connectivity index (χ3v) is 9.67. The minimum atomic E-state index is -1.54. The van der Waals surface area contributed by atoms with E-state index in [0.29, 0.717) is 13.0 Å². The third-order valence-electron chi connectivity index (χ3n) is 9.67. The van der Waals surface area contributed by atoms with Crippen LogP contribution in [0.2, 0.25) is 0 Å². The molecule has 1 fully saturated rings. The van der Waals surface area contributed by atoms with E-state index in [9.17, 15) is 25.2 Å². The van der Waals surface area contributed by atoms with E-state index in [1.54, 1.807) is 0 Å². The number of aliphatic hydroxyl groups excluding tert-OH is 4. The predicted octanol–water partition coefficient (Wildman–Crippen LogP) is 9.52. The maximum Gasteiger partial charge on any atom is 0.306 e. The maximum atomic E-state index is 12.8. The lowest BCUT2D eigenvalue weighted by atomic mass is 9.99. The monoisotopic (exact) mass is 777 g/mol. The van der Waals surface area contributed by atoms with Crippen molar-refractivity contribution in [1.29, 1.82) is 0 Å². The minimum Gasteiger partial charge on any atom is -0.457 e. The van der Waals surface area contributed by atoms with Gasteiger partial charge in [0, 0.05) is 13.0 Å². The predicted molar refractivity (Wildman–Crippen MR) is 224 cm³/mol. The molecule has 9 nitrogen and oxygen atoms in total. The molecule has 0 radical (unpaired) electrons. The van der Waals surface area contributed by atoms with Gasteiger partial charge in [0.2, 0.25) is 0 Å². The molecular weight excluding hydrogens is 696 g/mol. The fraction of sp³-hybridized carbons (Fsp3) is 0.761. The lowest BCUT2D eigenvalue weighted by Gasteiger charge is -2.39. The Morgan fingerprint density at radius 3 is 1.67 bits per heavy atom. The molecule has 0 spiro atoms. The summed E-state index contributed by atoms with van der Waals surface area (Å²) in [6.45, 7) is 4.37. The molecule has 318 valence electrons. The van der Waals surface area contributed by atoms with Crippen molar-refractivity contribution in [2.24, 2.45) is 0 Å². The fourth-order valence-electron chi connectivity index (χ4n) is 6.24. The average Bonchev–Trinajstić information content (AvgIpc) is 3.18. The lowest BCUT2D eigenvalue weighted by Crippen LogP contribution is -2.59. The Balaban J connectivity index is 2.30. The molecular formula is C46H80O9. The molecule has 4 N–H and O–H groups in total. The van der Waals surface area contributed by atoms with Crippen molar-refractivity contribution in [3.8, 4) is 0 Å². The van der Waals surface area contributed by atoms with Gasteiger partial charge >= 0.3 is 5.97 Å². The molecule has 0 amide bonds. The molecule has 9 heteroatoms. The smallest absolute Gasteiger partial charge is 0.306 e. The number of allylic oxidation sites excluding steroid dienone is 10. The Kier molecular flexibility index (Phi) is 34.7. The zero-order valence-corrected chi connectivity index (χ0v) is 34.7. The van der Waals surface area contributed by atoms with Crippen LogP contribution in [0.25, 0.3) is 0 Å². The second-order valence-corrected chi connectivity index (χ2v) is 14.8. The summed E-state index contributed by atoms with van der Waals surface area (Å²) in [5.41, 5.74) is 0. The van der Waals surface area contributed by atoms with Gasteiger partial charge in [-0.2, -0.15) is 0 Å². The molecule has 1 aliphatic rings. The number of carbonyl (C=O) groups excluding carboxylic acids is 1. The molecule has 1 heterocycles. The van der Waals surface area contributed by atoms with E-state index in [0.717, 1.165) is 89.9 Å². The van der Waals surface area contributed by atoms with Crippen LogP contribution in [0.15, 0.2) is 60.8 Å². The van der Waals surface area contributed by atoms with Gasteiger partial charge in [-0.05, 0) is 77.0 Å². The van der Waals surface area contributed by atoms with Gasteiger partial charge in [-0.15, -0.1) is 0 Å². The Morgan fingerprint density at radius 1 is 0.600 bits per heavy atom. The van der Waals surface area contributed by atoms with Gasteiger partial charge in [-0.3, -0.25) is 4.79 Å². The Hall–Kier alpha value is -2.11. The second kappa shape index (κ2) is 37.5. The first-order valence-corrected chi connectivity index (χ1v) is 21.9. The SMILES string of the molecule is CC/C=C\C/C=C\C/C=C\CCCCCCCC(=O)OC(COCCCCCCCC/C=C\C/C=C\CCCCCC)COC1OC(CO)C(O)C(O)C1O. The molecule has 0 aliphatic carbocycles. The maximum absolute atomic E-state index is 12.8. The van der Waals surface area contributed by atoms with Crippen LogP contribution < -0.4 is 0 Å². The summed E-state index contributed by atoms with van der Waals surface area (Å²) in [5.74, 6) is -0.337. The van der Waals surface area contributed by atoms with E-state index in [2.05, 4.69) is 74.6 Å². The Labute approximate surface area is 335 Å². The first-order valence-electron chi connectivity index (χ1n) is 21.9. The summed E-state index contributed by atoms with van der Waals surface area (Å²) in [6, 6.07) is 0. The van der Waals surface area contributed by atoms with E-state index >= 15 is 0 Å². The van der Waals surface area contributed by atoms with Crippen molar-refractivity contribution in [1.82, 2.24) is 0 Å². The van der Waals surface area contributed by atoms with E-state index < -0.39 is 43.4 Å². The molecule has 6 unspecified atom stereocenters. The number of esters is 1. The van der Waals surface area contributed by atoms with Gasteiger partial charge in [-0.25, -0.2) is 0 Å². The minimum absolute atomic E-state index is 0.128. The highest BCUT2D eigenvalue weighted by Crippen LogP contribution is 2.22. The van der Waals surface area contributed by atoms with Crippen molar-refractivity contribution >= 4 is 5.97 Å². The van der Waals surface area contributed by atoms with E-state index in [1.807, 2.05) is 0 Å². The van der Waals surface area contributed by atoms with Crippen LogP contribution in [0, 0.1) is 0 Å². The van der Waals surface area contributed by atoms with Crippen molar-refractivity contribution in [3.05, 3.63) is 60.8 Å². The number of hydrogen-bond donors (Lipinski definition) is 4. The van der Waals surface area contributed by atoms with Crippen molar-refractivity contribution < 1.29 is 44.2 Å². The van der Waals surface area contributed by atoms with Crippen molar-refractivity contribution in [3.63, 3.8) is 0 Å². The van der Waals surface area contributed by atoms with Gasteiger partial charge in [0.15, 0.2) is 6.29 Å². The van der Waals surface area contributed by atoms with E-state index in [-0.39, 0.29) is 19.2 Å². The van der Waals surface area contributed by atoms with E-state index in [1.165, 1.54) is 51.4 Å². The molecule has 0 bridgehead atoms. The van der Waals surface area contributed by atoms with Crippen LogP contribution in [-0.2, 0) is 23.7 Å². The van der Waals surface area contributed by atoms with Gasteiger partial charge < -0.3 is 39.4 Å². The number of rotatable bonds is 36. The molecule has 0 aromatic heterocycles. The summed E-state index contributed by atoms with van der Waals surface area (Å²) in [5, 5.41) is 40.1.